The summed E-state index contributed by atoms with van der Waals surface area (Å²) in [5, 5.41) is 0.705. The highest BCUT2D eigenvalue weighted by Crippen LogP contribution is 2.17. The largest absolute Gasteiger partial charge is 0.492 e. The first kappa shape index (κ1) is 15.9. The summed E-state index contributed by atoms with van der Waals surface area (Å²) in [6, 6.07) is 16.0. The van der Waals surface area contributed by atoms with Gasteiger partial charge in [-0.25, -0.2) is 0 Å². The molecule has 0 saturated heterocycles. The van der Waals surface area contributed by atoms with Crippen molar-refractivity contribution in [3.05, 3.63) is 64.7 Å². The summed E-state index contributed by atoms with van der Waals surface area (Å²) in [4.78, 5) is 0. The Morgan fingerprint density at radius 2 is 1.62 bits per heavy atom. The fourth-order valence-corrected chi connectivity index (χ4v) is 2.26. The number of rotatable bonds is 6. The van der Waals surface area contributed by atoms with Gasteiger partial charge in [-0.15, -0.1) is 0 Å². The molecule has 0 aliphatic carbocycles. The molecule has 3 heteroatoms. The lowest BCUT2D eigenvalue weighted by atomic mass is 9.99. The molecule has 2 aromatic rings. The molecule has 0 fully saturated rings. The molecular formula is C18H22ClNO. The minimum absolute atomic E-state index is 0.0226. The molecule has 0 saturated carbocycles. The van der Waals surface area contributed by atoms with Gasteiger partial charge in [0.1, 0.15) is 12.4 Å². The number of nitrogens with two attached hydrogens (primary N) is 1. The van der Waals surface area contributed by atoms with E-state index in [-0.39, 0.29) is 6.04 Å². The molecule has 0 amide bonds. The predicted molar refractivity (Wildman–Crippen MR) is 89.2 cm³/mol. The van der Waals surface area contributed by atoms with E-state index in [0.29, 0.717) is 17.5 Å². The van der Waals surface area contributed by atoms with Crippen LogP contribution in [0.2, 0.25) is 5.02 Å². The topological polar surface area (TPSA) is 35.2 Å². The first-order valence-corrected chi connectivity index (χ1v) is 7.65. The van der Waals surface area contributed by atoms with E-state index in [9.17, 15) is 0 Å². The molecule has 0 aliphatic rings. The minimum atomic E-state index is -0.0226. The Labute approximate surface area is 131 Å². The van der Waals surface area contributed by atoms with Crippen LogP contribution in [-0.2, 0) is 6.42 Å². The van der Waals surface area contributed by atoms with E-state index < -0.39 is 0 Å². The Kier molecular flexibility index (Phi) is 5.66. The fourth-order valence-electron chi connectivity index (χ4n) is 2.13. The Morgan fingerprint density at radius 1 is 1.00 bits per heavy atom. The van der Waals surface area contributed by atoms with Crippen LogP contribution in [0.25, 0.3) is 0 Å². The third-order valence-electron chi connectivity index (χ3n) is 3.42. The van der Waals surface area contributed by atoms with Crippen molar-refractivity contribution in [2.24, 2.45) is 5.73 Å². The smallest absolute Gasteiger partial charge is 0.119 e. The van der Waals surface area contributed by atoms with Crippen LogP contribution in [0.15, 0.2) is 48.5 Å². The summed E-state index contributed by atoms with van der Waals surface area (Å²) >= 11 is 5.84. The van der Waals surface area contributed by atoms with Crippen LogP contribution >= 0.6 is 11.6 Å². The summed E-state index contributed by atoms with van der Waals surface area (Å²) in [6.07, 6.45) is 0.811. The maximum Gasteiger partial charge on any atom is 0.119 e. The van der Waals surface area contributed by atoms with Crippen molar-refractivity contribution in [3.8, 4) is 5.75 Å². The van der Waals surface area contributed by atoms with E-state index in [1.54, 1.807) is 0 Å². The summed E-state index contributed by atoms with van der Waals surface area (Å²) < 4.78 is 5.67. The molecule has 21 heavy (non-hydrogen) atoms. The molecule has 0 spiro atoms. The average molecular weight is 304 g/mol. The minimum Gasteiger partial charge on any atom is -0.492 e. The van der Waals surface area contributed by atoms with E-state index >= 15 is 0 Å². The molecule has 2 N–H and O–H groups in total. The highest BCUT2D eigenvalue weighted by molar-refractivity contribution is 6.30. The second kappa shape index (κ2) is 7.48. The molecule has 1 unspecified atom stereocenters. The maximum atomic E-state index is 6.13. The van der Waals surface area contributed by atoms with Crippen LogP contribution in [0.1, 0.15) is 30.9 Å². The van der Waals surface area contributed by atoms with Gasteiger partial charge in [-0.2, -0.15) is 0 Å². The Balaban J connectivity index is 1.83. The number of ether oxygens (including phenoxy) is 1. The van der Waals surface area contributed by atoms with Crippen molar-refractivity contribution in [1.82, 2.24) is 0 Å². The molecule has 2 rings (SSSR count). The number of benzene rings is 2. The van der Waals surface area contributed by atoms with Gasteiger partial charge in [0.15, 0.2) is 0 Å². The van der Waals surface area contributed by atoms with Crippen molar-refractivity contribution in [1.29, 1.82) is 0 Å². The third kappa shape index (κ3) is 5.07. The molecule has 0 radical (unpaired) electrons. The number of hydrogen-bond donors (Lipinski definition) is 1. The van der Waals surface area contributed by atoms with Gasteiger partial charge in [0.25, 0.3) is 0 Å². The molecule has 2 nitrogen and oxygen atoms in total. The van der Waals surface area contributed by atoms with Crippen LogP contribution in [0.4, 0.5) is 0 Å². The van der Waals surface area contributed by atoms with Gasteiger partial charge in [-0.1, -0.05) is 49.7 Å². The summed E-state index contributed by atoms with van der Waals surface area (Å²) in [6.45, 7) is 4.88. The summed E-state index contributed by atoms with van der Waals surface area (Å²) in [7, 11) is 0. The van der Waals surface area contributed by atoms with Crippen LogP contribution in [0.5, 0.6) is 5.75 Å². The van der Waals surface area contributed by atoms with Crippen molar-refractivity contribution >= 4 is 11.6 Å². The molecule has 0 aliphatic heterocycles. The van der Waals surface area contributed by atoms with Gasteiger partial charge >= 0.3 is 0 Å². The van der Waals surface area contributed by atoms with Crippen molar-refractivity contribution < 1.29 is 4.74 Å². The fraction of sp³-hybridized carbons (Fsp3) is 0.333. The number of hydrogen-bond acceptors (Lipinski definition) is 2. The van der Waals surface area contributed by atoms with E-state index in [1.807, 2.05) is 24.3 Å². The van der Waals surface area contributed by atoms with Gasteiger partial charge in [-0.05, 0) is 47.7 Å². The van der Waals surface area contributed by atoms with E-state index in [2.05, 4.69) is 38.1 Å². The van der Waals surface area contributed by atoms with Crippen LogP contribution in [-0.4, -0.2) is 12.6 Å². The SMILES string of the molecule is CC(C)c1ccc(CC(N)COc2ccc(Cl)cc2)cc1. The Morgan fingerprint density at radius 3 is 2.19 bits per heavy atom. The average Bonchev–Trinajstić information content (AvgIpc) is 2.47. The normalized spacial score (nSPS) is 12.4. The standard InChI is InChI=1S/C18H22ClNO/c1-13(2)15-5-3-14(4-6-15)11-17(20)12-21-18-9-7-16(19)8-10-18/h3-10,13,17H,11-12,20H2,1-2H3. The molecule has 112 valence electrons. The Bertz CT molecular complexity index is 548. The zero-order valence-electron chi connectivity index (χ0n) is 12.6. The second-order valence-corrected chi connectivity index (χ2v) is 6.06. The first-order chi connectivity index (χ1) is 10.0. The highest BCUT2D eigenvalue weighted by atomic mass is 35.5. The lowest BCUT2D eigenvalue weighted by molar-refractivity contribution is 0.287. The van der Waals surface area contributed by atoms with E-state index in [1.165, 1.54) is 11.1 Å². The van der Waals surface area contributed by atoms with Crippen LogP contribution < -0.4 is 10.5 Å². The summed E-state index contributed by atoms with van der Waals surface area (Å²) in [5.41, 5.74) is 8.72. The highest BCUT2D eigenvalue weighted by Gasteiger charge is 2.06. The van der Waals surface area contributed by atoms with Crippen molar-refractivity contribution in [2.75, 3.05) is 6.61 Å². The predicted octanol–water partition coefficient (Wildman–Crippen LogP) is 4.41. The van der Waals surface area contributed by atoms with Gasteiger partial charge in [-0.3, -0.25) is 0 Å². The first-order valence-electron chi connectivity index (χ1n) is 7.27. The summed E-state index contributed by atoms with van der Waals surface area (Å²) in [5.74, 6) is 1.35. The van der Waals surface area contributed by atoms with Crippen LogP contribution in [0.3, 0.4) is 0 Å². The van der Waals surface area contributed by atoms with Gasteiger partial charge < -0.3 is 10.5 Å². The van der Waals surface area contributed by atoms with Crippen molar-refractivity contribution in [3.63, 3.8) is 0 Å². The second-order valence-electron chi connectivity index (χ2n) is 5.63. The van der Waals surface area contributed by atoms with Gasteiger partial charge in [0, 0.05) is 11.1 Å². The molecule has 0 heterocycles. The maximum absolute atomic E-state index is 6.13. The zero-order chi connectivity index (χ0) is 15.2. The molecule has 1 atom stereocenters. The van der Waals surface area contributed by atoms with Crippen LogP contribution in [0, 0.1) is 0 Å². The molecule has 0 aromatic heterocycles. The lowest BCUT2D eigenvalue weighted by Gasteiger charge is -2.14. The molecular weight excluding hydrogens is 282 g/mol. The Hall–Kier alpha value is -1.51. The lowest BCUT2D eigenvalue weighted by Crippen LogP contribution is -2.30. The third-order valence-corrected chi connectivity index (χ3v) is 3.67. The van der Waals surface area contributed by atoms with Gasteiger partial charge in [0.2, 0.25) is 0 Å². The molecule has 0 bridgehead atoms. The number of halogens is 1. The molecule has 2 aromatic carbocycles. The van der Waals surface area contributed by atoms with Crippen molar-refractivity contribution in [2.45, 2.75) is 32.2 Å². The van der Waals surface area contributed by atoms with E-state index in [4.69, 9.17) is 22.1 Å². The monoisotopic (exact) mass is 303 g/mol. The zero-order valence-corrected chi connectivity index (χ0v) is 13.3. The van der Waals surface area contributed by atoms with Gasteiger partial charge in [0.05, 0.1) is 0 Å². The van der Waals surface area contributed by atoms with E-state index in [0.717, 1.165) is 12.2 Å². The quantitative estimate of drug-likeness (QED) is 0.858.